The molecule has 2 aliphatic heterocycles. The Morgan fingerprint density at radius 2 is 2.05 bits per heavy atom. The van der Waals surface area contributed by atoms with Crippen molar-refractivity contribution in [3.63, 3.8) is 0 Å². The Morgan fingerprint density at radius 1 is 1.33 bits per heavy atom. The molecule has 2 saturated carbocycles. The van der Waals surface area contributed by atoms with Crippen molar-refractivity contribution in [2.75, 3.05) is 12.4 Å². The molecule has 5 nitrogen and oxygen atoms in total. The molecule has 0 bridgehead atoms. The number of hydrogen-bond donors (Lipinski definition) is 2. The third kappa shape index (κ3) is 1.05. The first-order valence-electron chi connectivity index (χ1n) is 7.57. The molecule has 2 aliphatic carbocycles. The second kappa shape index (κ2) is 3.74. The molecule has 3 atom stereocenters. The van der Waals surface area contributed by atoms with Crippen LogP contribution in [0.15, 0.2) is 0 Å². The van der Waals surface area contributed by atoms with Crippen LogP contribution in [0.3, 0.4) is 0 Å². The molecule has 2 heterocycles. The first-order chi connectivity index (χ1) is 10.1. The number of fused-ring (bicyclic) bond motifs is 4. The molecule has 0 aromatic heterocycles. The lowest BCUT2D eigenvalue weighted by atomic mass is 9.73. The van der Waals surface area contributed by atoms with Gasteiger partial charge in [-0.3, -0.25) is 5.73 Å². The minimum Gasteiger partial charge on any atom is -0.327 e. The lowest BCUT2D eigenvalue weighted by Crippen LogP contribution is -2.88. The summed E-state index contributed by atoms with van der Waals surface area (Å²) < 4.78 is 5.98. The SMILES string of the molecule is CC1CCC2(CC1)[C@@]1(C#N)[C@@]3([NH+]=C(N)[C@@]21C#N)OCCS3. The summed E-state index contributed by atoms with van der Waals surface area (Å²) in [6.07, 6.45) is 3.90. The van der Waals surface area contributed by atoms with Gasteiger partial charge >= 0.3 is 0 Å². The van der Waals surface area contributed by atoms with E-state index in [1.165, 1.54) is 0 Å². The molecule has 0 aromatic rings. The second-order valence-electron chi connectivity index (χ2n) is 6.84. The van der Waals surface area contributed by atoms with Crippen molar-refractivity contribution in [2.24, 2.45) is 27.9 Å². The highest BCUT2D eigenvalue weighted by molar-refractivity contribution is 8.00. The maximum absolute atomic E-state index is 10.1. The van der Waals surface area contributed by atoms with Crippen LogP contribution < -0.4 is 10.7 Å². The van der Waals surface area contributed by atoms with Gasteiger partial charge in [-0.25, -0.2) is 4.99 Å². The molecule has 0 radical (unpaired) electrons. The van der Waals surface area contributed by atoms with Crippen LogP contribution in [0.1, 0.15) is 32.6 Å². The van der Waals surface area contributed by atoms with E-state index in [2.05, 4.69) is 24.1 Å². The monoisotopic (exact) mass is 303 g/mol. The Morgan fingerprint density at radius 3 is 2.57 bits per heavy atom. The molecule has 110 valence electrons. The van der Waals surface area contributed by atoms with Crippen LogP contribution in [0.2, 0.25) is 0 Å². The van der Waals surface area contributed by atoms with Gasteiger partial charge in [-0.2, -0.15) is 10.5 Å². The first-order valence-corrected chi connectivity index (χ1v) is 8.56. The van der Waals surface area contributed by atoms with E-state index < -0.39 is 15.9 Å². The molecular weight excluding hydrogens is 284 g/mol. The Labute approximate surface area is 128 Å². The van der Waals surface area contributed by atoms with E-state index in [4.69, 9.17) is 10.5 Å². The summed E-state index contributed by atoms with van der Waals surface area (Å²) in [5, 5.41) is 19.2. The highest BCUT2D eigenvalue weighted by Gasteiger charge is 3.02. The highest BCUT2D eigenvalue weighted by atomic mass is 32.2. The standard InChI is InChI=1S/C15H18N4OS/c1-10-2-4-12(5-3-10)13(8-16)11(18)19-15(14(12,13)9-17)20-6-7-21-15/h10H,2-7H2,1H3,(H2,18,19)/p+1/t10?,12?,13-,14+,15+/m0/s1. The molecule has 6 heteroatoms. The van der Waals surface area contributed by atoms with Crippen LogP contribution in [0.4, 0.5) is 0 Å². The summed E-state index contributed by atoms with van der Waals surface area (Å²) in [5.74, 6) is 1.94. The molecule has 0 unspecified atom stereocenters. The number of thioether (sulfide) groups is 1. The smallest absolute Gasteiger partial charge is 0.277 e. The zero-order chi connectivity index (χ0) is 14.9. The predicted octanol–water partition coefficient (Wildman–Crippen LogP) is 0.0851. The molecule has 1 saturated heterocycles. The van der Waals surface area contributed by atoms with Gasteiger partial charge in [-0.1, -0.05) is 31.5 Å². The van der Waals surface area contributed by atoms with Crippen molar-refractivity contribution in [3.8, 4) is 12.1 Å². The lowest BCUT2D eigenvalue weighted by Gasteiger charge is -2.34. The molecule has 4 aliphatic rings. The van der Waals surface area contributed by atoms with Gasteiger partial charge in [0, 0.05) is 11.2 Å². The van der Waals surface area contributed by atoms with Crippen LogP contribution >= 0.6 is 11.8 Å². The normalized spacial score (nSPS) is 54.0. The van der Waals surface area contributed by atoms with Crippen molar-refractivity contribution >= 4 is 17.6 Å². The number of nitrogens with zero attached hydrogens (tertiary/aromatic N) is 2. The second-order valence-corrected chi connectivity index (χ2v) is 8.11. The summed E-state index contributed by atoms with van der Waals surface area (Å²) in [6.45, 7) is 2.84. The number of nitriles is 2. The number of amidine groups is 1. The maximum atomic E-state index is 10.1. The summed E-state index contributed by atoms with van der Waals surface area (Å²) in [7, 11) is 0. The summed E-state index contributed by atoms with van der Waals surface area (Å²) in [6, 6.07) is 4.96. The van der Waals surface area contributed by atoms with E-state index >= 15 is 0 Å². The number of hydrogen-bond acceptors (Lipinski definition) is 5. The van der Waals surface area contributed by atoms with Crippen molar-refractivity contribution < 1.29 is 9.73 Å². The summed E-state index contributed by atoms with van der Waals surface area (Å²) in [4.78, 5) is 3.19. The zero-order valence-electron chi connectivity index (χ0n) is 12.1. The van der Waals surface area contributed by atoms with E-state index in [0.29, 0.717) is 18.4 Å². The van der Waals surface area contributed by atoms with Crippen LogP contribution in [0, 0.1) is 44.8 Å². The average molecular weight is 303 g/mol. The fraction of sp³-hybridized carbons (Fsp3) is 0.800. The Balaban J connectivity index is 1.91. The van der Waals surface area contributed by atoms with Gasteiger partial charge in [0.25, 0.3) is 10.9 Å². The molecule has 4 rings (SSSR count). The Hall–Kier alpha value is -1.24. The van der Waals surface area contributed by atoms with Gasteiger partial charge in [0.05, 0.1) is 18.7 Å². The van der Waals surface area contributed by atoms with Gasteiger partial charge in [0.1, 0.15) is 0 Å². The Kier molecular flexibility index (Phi) is 2.39. The van der Waals surface area contributed by atoms with E-state index in [1.54, 1.807) is 11.8 Å². The van der Waals surface area contributed by atoms with Gasteiger partial charge in [-0.05, 0) is 18.8 Å². The van der Waals surface area contributed by atoms with Crippen molar-refractivity contribution in [3.05, 3.63) is 0 Å². The fourth-order valence-corrected chi connectivity index (χ4v) is 6.71. The van der Waals surface area contributed by atoms with Crippen LogP contribution in [-0.4, -0.2) is 23.3 Å². The molecule has 0 aromatic carbocycles. The number of nitrogens with two attached hydrogens (primary N) is 1. The van der Waals surface area contributed by atoms with Crippen LogP contribution in [0.5, 0.6) is 0 Å². The molecule has 0 amide bonds. The van der Waals surface area contributed by atoms with E-state index in [0.717, 1.165) is 31.4 Å². The summed E-state index contributed by atoms with van der Waals surface area (Å²) >= 11 is 1.60. The number of nitrogens with one attached hydrogen (secondary N) is 1. The summed E-state index contributed by atoms with van der Waals surface area (Å²) in [5.41, 5.74) is 4.21. The third-order valence-corrected chi connectivity index (χ3v) is 7.59. The highest BCUT2D eigenvalue weighted by Crippen LogP contribution is 2.87. The van der Waals surface area contributed by atoms with Crippen molar-refractivity contribution in [1.82, 2.24) is 0 Å². The largest absolute Gasteiger partial charge is 0.327 e. The fourth-order valence-electron chi connectivity index (χ4n) is 5.30. The predicted molar refractivity (Wildman–Crippen MR) is 77.5 cm³/mol. The van der Waals surface area contributed by atoms with Crippen molar-refractivity contribution in [2.45, 2.75) is 37.7 Å². The van der Waals surface area contributed by atoms with Gasteiger partial charge < -0.3 is 4.74 Å². The Bertz CT molecular complexity index is 619. The first kappa shape index (κ1) is 13.4. The zero-order valence-corrected chi connectivity index (χ0v) is 12.9. The number of ether oxygens (including phenoxy) is 1. The molecular formula is C15H19N4OS+. The number of rotatable bonds is 0. The van der Waals surface area contributed by atoms with Gasteiger partial charge in [0.15, 0.2) is 10.8 Å². The minimum absolute atomic E-state index is 0.331. The van der Waals surface area contributed by atoms with Crippen LogP contribution in [0.25, 0.3) is 0 Å². The third-order valence-electron chi connectivity index (χ3n) is 6.29. The van der Waals surface area contributed by atoms with Gasteiger partial charge in [-0.15, -0.1) is 0 Å². The van der Waals surface area contributed by atoms with Crippen molar-refractivity contribution in [1.29, 1.82) is 10.5 Å². The molecule has 21 heavy (non-hydrogen) atoms. The molecule has 3 fully saturated rings. The topological polar surface area (TPSA) is 96.8 Å². The quantitative estimate of drug-likeness (QED) is 0.661. The van der Waals surface area contributed by atoms with E-state index in [-0.39, 0.29) is 5.41 Å². The van der Waals surface area contributed by atoms with Crippen LogP contribution in [-0.2, 0) is 4.74 Å². The lowest BCUT2D eigenvalue weighted by molar-refractivity contribution is -0.586. The molecule has 3 N–H and O–H groups in total. The van der Waals surface area contributed by atoms with E-state index in [1.807, 2.05) is 0 Å². The molecule has 2 spiro atoms. The minimum atomic E-state index is -0.883. The average Bonchev–Trinajstić information content (AvgIpc) is 2.77. The van der Waals surface area contributed by atoms with E-state index in [9.17, 15) is 10.5 Å². The maximum Gasteiger partial charge on any atom is 0.277 e. The van der Waals surface area contributed by atoms with Gasteiger partial charge in [0.2, 0.25) is 0 Å².